The minimum atomic E-state index is -0.808. The zero-order chi connectivity index (χ0) is 19.1. The number of benzene rings is 2. The number of nitriles is 1. The van der Waals surface area contributed by atoms with Crippen LogP contribution in [0.5, 0.6) is 11.5 Å². The number of ether oxygens (including phenoxy) is 2. The summed E-state index contributed by atoms with van der Waals surface area (Å²) < 4.78 is 24.4. The van der Waals surface area contributed by atoms with Crippen LogP contribution in [0.2, 0.25) is 5.02 Å². The molecule has 0 aliphatic rings. The predicted octanol–water partition coefficient (Wildman–Crippen LogP) is 3.52. The zero-order valence-corrected chi connectivity index (χ0v) is 14.8. The van der Waals surface area contributed by atoms with E-state index < -0.39 is 11.7 Å². The first-order chi connectivity index (χ1) is 12.5. The molecule has 0 fully saturated rings. The van der Waals surface area contributed by atoms with Crippen LogP contribution in [0, 0.1) is 17.1 Å². The number of hydrogen-bond acceptors (Lipinski definition) is 5. The van der Waals surface area contributed by atoms with Crippen LogP contribution in [0.1, 0.15) is 28.4 Å². The molecule has 1 N–H and O–H groups in total. The van der Waals surface area contributed by atoms with Gasteiger partial charge in [0.05, 0.1) is 42.2 Å². The first-order valence-electron chi connectivity index (χ1n) is 7.53. The van der Waals surface area contributed by atoms with Crippen LogP contribution in [-0.2, 0) is 0 Å². The lowest BCUT2D eigenvalue weighted by molar-refractivity contribution is 0.0951. The van der Waals surface area contributed by atoms with Gasteiger partial charge in [0.1, 0.15) is 5.82 Å². The highest BCUT2D eigenvalue weighted by molar-refractivity contribution is 6.33. The van der Waals surface area contributed by atoms with Crippen LogP contribution in [0.25, 0.3) is 0 Å². The second-order valence-electron chi connectivity index (χ2n) is 4.96. The second-order valence-corrected chi connectivity index (χ2v) is 5.37. The fraction of sp³-hybridized carbons (Fsp3) is 0.167. The van der Waals surface area contributed by atoms with Gasteiger partial charge in [0.25, 0.3) is 5.91 Å². The van der Waals surface area contributed by atoms with Gasteiger partial charge in [-0.1, -0.05) is 11.6 Å². The fourth-order valence-electron chi connectivity index (χ4n) is 2.07. The number of amides is 1. The van der Waals surface area contributed by atoms with E-state index in [0.29, 0.717) is 28.7 Å². The molecule has 134 valence electrons. The molecule has 1 amide bonds. The molecule has 6 nitrogen and oxygen atoms in total. The van der Waals surface area contributed by atoms with Crippen molar-refractivity contribution in [1.82, 2.24) is 5.43 Å². The minimum absolute atomic E-state index is 0.121. The van der Waals surface area contributed by atoms with Crippen LogP contribution < -0.4 is 14.9 Å². The average molecular weight is 376 g/mol. The number of nitrogens with zero attached hydrogens (tertiary/aromatic N) is 2. The molecule has 0 aliphatic carbocycles. The van der Waals surface area contributed by atoms with E-state index in [9.17, 15) is 9.18 Å². The van der Waals surface area contributed by atoms with E-state index in [0.717, 1.165) is 6.07 Å². The highest BCUT2D eigenvalue weighted by atomic mass is 35.5. The van der Waals surface area contributed by atoms with Crippen LogP contribution in [0.3, 0.4) is 0 Å². The third-order valence-corrected chi connectivity index (χ3v) is 3.62. The highest BCUT2D eigenvalue weighted by Gasteiger charge is 2.12. The minimum Gasteiger partial charge on any atom is -0.493 e. The number of nitrogens with one attached hydrogen (secondary N) is 1. The van der Waals surface area contributed by atoms with E-state index in [1.54, 1.807) is 18.2 Å². The molecule has 0 aliphatic heterocycles. The van der Waals surface area contributed by atoms with Crippen molar-refractivity contribution in [2.75, 3.05) is 13.7 Å². The Hall–Kier alpha value is -3.11. The number of methoxy groups -OCH3 is 1. The van der Waals surface area contributed by atoms with Gasteiger partial charge in [0, 0.05) is 11.6 Å². The standard InChI is InChI=1S/C18H15ClFN3O3/c1-3-26-17-8-14(19)12(7-16(17)25-2)10-22-23-18(24)13-5-4-11(9-21)6-15(13)20/h4-8,10H,3H2,1-2H3,(H,23,24)/b22-10-. The molecule has 2 aromatic carbocycles. The van der Waals surface area contributed by atoms with Gasteiger partial charge in [-0.3, -0.25) is 4.79 Å². The molecule has 2 rings (SSSR count). The summed E-state index contributed by atoms with van der Waals surface area (Å²) in [7, 11) is 1.49. The van der Waals surface area contributed by atoms with Gasteiger partial charge in [0.2, 0.25) is 0 Å². The first kappa shape index (κ1) is 19.2. The van der Waals surface area contributed by atoms with E-state index in [4.69, 9.17) is 26.3 Å². The summed E-state index contributed by atoms with van der Waals surface area (Å²) in [6, 6.07) is 8.51. The van der Waals surface area contributed by atoms with Gasteiger partial charge in [-0.15, -0.1) is 0 Å². The summed E-state index contributed by atoms with van der Waals surface area (Å²) in [5, 5.41) is 12.8. The molecule has 0 unspecified atom stereocenters. The highest BCUT2D eigenvalue weighted by Crippen LogP contribution is 2.32. The van der Waals surface area contributed by atoms with Crippen LogP contribution >= 0.6 is 11.6 Å². The van der Waals surface area contributed by atoms with Crippen molar-refractivity contribution in [2.24, 2.45) is 5.10 Å². The zero-order valence-electron chi connectivity index (χ0n) is 14.0. The maximum absolute atomic E-state index is 13.8. The van der Waals surface area contributed by atoms with Crippen molar-refractivity contribution in [3.8, 4) is 17.6 Å². The maximum Gasteiger partial charge on any atom is 0.274 e. The molecule has 0 saturated carbocycles. The van der Waals surface area contributed by atoms with Gasteiger partial charge in [-0.25, -0.2) is 9.82 Å². The van der Waals surface area contributed by atoms with Crippen molar-refractivity contribution < 1.29 is 18.7 Å². The van der Waals surface area contributed by atoms with E-state index >= 15 is 0 Å². The molecule has 0 radical (unpaired) electrons. The summed E-state index contributed by atoms with van der Waals surface area (Å²) in [4.78, 5) is 12.0. The Morgan fingerprint density at radius 2 is 2.15 bits per heavy atom. The molecular formula is C18H15ClFN3O3. The Balaban J connectivity index is 2.15. The largest absolute Gasteiger partial charge is 0.493 e. The monoisotopic (exact) mass is 375 g/mol. The SMILES string of the molecule is CCOc1cc(Cl)c(/C=N\NC(=O)c2ccc(C#N)cc2F)cc1OC. The van der Waals surface area contributed by atoms with E-state index in [2.05, 4.69) is 10.5 Å². The van der Waals surface area contributed by atoms with Gasteiger partial charge < -0.3 is 9.47 Å². The van der Waals surface area contributed by atoms with Gasteiger partial charge in [-0.05, 0) is 31.2 Å². The Morgan fingerprint density at radius 1 is 1.38 bits per heavy atom. The molecule has 2 aromatic rings. The van der Waals surface area contributed by atoms with Gasteiger partial charge in [-0.2, -0.15) is 10.4 Å². The number of hydrogen-bond donors (Lipinski definition) is 1. The van der Waals surface area contributed by atoms with Crippen LogP contribution in [0.4, 0.5) is 4.39 Å². The summed E-state index contributed by atoms with van der Waals surface area (Å²) in [5.41, 5.74) is 2.58. The fourth-order valence-corrected chi connectivity index (χ4v) is 2.27. The lowest BCUT2D eigenvalue weighted by Gasteiger charge is -2.11. The molecule has 0 saturated heterocycles. The third kappa shape index (κ3) is 4.49. The molecule has 0 heterocycles. The summed E-state index contributed by atoms with van der Waals surface area (Å²) in [5.74, 6) is -0.613. The molecule has 0 bridgehead atoms. The predicted molar refractivity (Wildman–Crippen MR) is 95.3 cm³/mol. The van der Waals surface area contributed by atoms with Crippen molar-refractivity contribution in [3.05, 3.63) is 57.9 Å². The third-order valence-electron chi connectivity index (χ3n) is 3.30. The smallest absolute Gasteiger partial charge is 0.274 e. The summed E-state index contributed by atoms with van der Waals surface area (Å²) in [6.07, 6.45) is 1.31. The van der Waals surface area contributed by atoms with E-state index in [-0.39, 0.29) is 11.1 Å². The summed E-state index contributed by atoms with van der Waals surface area (Å²) in [6.45, 7) is 2.28. The van der Waals surface area contributed by atoms with Crippen molar-refractivity contribution >= 4 is 23.7 Å². The number of hydrazone groups is 1. The van der Waals surface area contributed by atoms with E-state index in [1.165, 1.54) is 25.5 Å². The van der Waals surface area contributed by atoms with Crippen LogP contribution in [-0.4, -0.2) is 25.8 Å². The first-order valence-corrected chi connectivity index (χ1v) is 7.91. The topological polar surface area (TPSA) is 83.7 Å². The Bertz CT molecular complexity index is 894. The molecule has 0 spiro atoms. The van der Waals surface area contributed by atoms with Crippen molar-refractivity contribution in [1.29, 1.82) is 5.26 Å². The quantitative estimate of drug-likeness (QED) is 0.618. The average Bonchev–Trinajstić information content (AvgIpc) is 2.63. The van der Waals surface area contributed by atoms with Gasteiger partial charge >= 0.3 is 0 Å². The number of carbonyl (C=O) groups is 1. The lowest BCUT2D eigenvalue weighted by Crippen LogP contribution is -2.19. The molecule has 0 aromatic heterocycles. The van der Waals surface area contributed by atoms with Crippen LogP contribution in [0.15, 0.2) is 35.4 Å². The van der Waals surface area contributed by atoms with Crippen molar-refractivity contribution in [3.63, 3.8) is 0 Å². The second kappa shape index (κ2) is 8.83. The maximum atomic E-state index is 13.8. The number of carbonyl (C=O) groups excluding carboxylic acids is 1. The normalized spacial score (nSPS) is 10.4. The Labute approximate surface area is 154 Å². The Morgan fingerprint density at radius 3 is 2.77 bits per heavy atom. The summed E-state index contributed by atoms with van der Waals surface area (Å²) >= 11 is 6.15. The molecule has 8 heteroatoms. The van der Waals surface area contributed by atoms with Crippen molar-refractivity contribution in [2.45, 2.75) is 6.92 Å². The number of rotatable bonds is 6. The Kier molecular flexibility index (Phi) is 6.53. The number of halogens is 2. The lowest BCUT2D eigenvalue weighted by atomic mass is 10.1. The molecule has 0 atom stereocenters. The molecular weight excluding hydrogens is 361 g/mol. The molecule has 26 heavy (non-hydrogen) atoms. The van der Waals surface area contributed by atoms with E-state index in [1.807, 2.05) is 6.92 Å². The van der Waals surface area contributed by atoms with Gasteiger partial charge in [0.15, 0.2) is 11.5 Å².